The number of phenolic OH excluding ortho intramolecular Hbond substituents is 1. The highest BCUT2D eigenvalue weighted by molar-refractivity contribution is 6.00. The van der Waals surface area contributed by atoms with Gasteiger partial charge in [-0.2, -0.15) is 0 Å². The molecule has 0 amide bonds. The number of fused-ring (bicyclic) bond motifs is 1. The first-order chi connectivity index (χ1) is 12.0. The molecule has 4 heteroatoms. The van der Waals surface area contributed by atoms with E-state index in [1.165, 1.54) is 0 Å². The van der Waals surface area contributed by atoms with Gasteiger partial charge in [0, 0.05) is 6.07 Å². The topological polar surface area (TPSA) is 55.8 Å². The van der Waals surface area contributed by atoms with E-state index >= 15 is 0 Å². The monoisotopic (exact) mass is 340 g/mol. The SMILES string of the molecule is COc1cc2c(cc1CCC(C)C)C(=O)C[C@@H](c1ccc(O)cc1)O2. The lowest BCUT2D eigenvalue weighted by Gasteiger charge is -2.27. The van der Waals surface area contributed by atoms with Crippen LogP contribution in [0.1, 0.15) is 54.3 Å². The number of aryl methyl sites for hydroxylation is 1. The predicted octanol–water partition coefficient (Wildman–Crippen LogP) is 4.70. The number of Topliss-reactive ketones (excluding diaryl/α,β-unsaturated/α-hetero) is 1. The summed E-state index contributed by atoms with van der Waals surface area (Å²) >= 11 is 0. The fraction of sp³-hybridized carbons (Fsp3) is 0.381. The standard InChI is InChI=1S/C21H24O4/c1-13(2)4-5-15-10-17-18(23)11-20(14-6-8-16(22)9-7-14)25-21(17)12-19(15)24-3/h6-10,12-13,20,22H,4-5,11H2,1-3H3/t20-/m0/s1. The van der Waals surface area contributed by atoms with Crippen LogP contribution in [0.4, 0.5) is 0 Å². The van der Waals surface area contributed by atoms with Gasteiger partial charge in [-0.15, -0.1) is 0 Å². The molecule has 1 aliphatic heterocycles. The van der Waals surface area contributed by atoms with Crippen molar-refractivity contribution in [2.45, 2.75) is 39.2 Å². The Morgan fingerprint density at radius 1 is 1.24 bits per heavy atom. The lowest BCUT2D eigenvalue weighted by Crippen LogP contribution is -2.20. The number of ether oxygens (including phenoxy) is 2. The fourth-order valence-electron chi connectivity index (χ4n) is 3.10. The van der Waals surface area contributed by atoms with Crippen LogP contribution in [0.25, 0.3) is 0 Å². The van der Waals surface area contributed by atoms with Crippen LogP contribution < -0.4 is 9.47 Å². The third-order valence-corrected chi connectivity index (χ3v) is 4.58. The van der Waals surface area contributed by atoms with Crippen molar-refractivity contribution in [1.82, 2.24) is 0 Å². The second kappa shape index (κ2) is 7.18. The van der Waals surface area contributed by atoms with Crippen LogP contribution in [0.3, 0.4) is 0 Å². The first-order valence-corrected chi connectivity index (χ1v) is 8.67. The predicted molar refractivity (Wildman–Crippen MR) is 96.6 cm³/mol. The minimum absolute atomic E-state index is 0.0766. The third kappa shape index (κ3) is 3.78. The van der Waals surface area contributed by atoms with E-state index in [2.05, 4.69) is 13.8 Å². The Hall–Kier alpha value is -2.49. The maximum atomic E-state index is 12.7. The summed E-state index contributed by atoms with van der Waals surface area (Å²) in [5.74, 6) is 2.19. The van der Waals surface area contributed by atoms with E-state index < -0.39 is 0 Å². The van der Waals surface area contributed by atoms with Gasteiger partial charge in [0.05, 0.1) is 19.1 Å². The molecule has 3 rings (SSSR count). The number of hydrogen-bond donors (Lipinski definition) is 1. The van der Waals surface area contributed by atoms with Crippen LogP contribution in [-0.2, 0) is 6.42 Å². The fourth-order valence-corrected chi connectivity index (χ4v) is 3.10. The number of carbonyl (C=O) groups is 1. The summed E-state index contributed by atoms with van der Waals surface area (Å²) in [6.45, 7) is 4.36. The van der Waals surface area contributed by atoms with Crippen LogP contribution in [-0.4, -0.2) is 18.0 Å². The summed E-state index contributed by atoms with van der Waals surface area (Å²) in [4.78, 5) is 12.7. The Balaban J connectivity index is 1.90. The number of aromatic hydroxyl groups is 1. The summed E-state index contributed by atoms with van der Waals surface area (Å²) in [5, 5.41) is 9.43. The van der Waals surface area contributed by atoms with Gasteiger partial charge in [0.15, 0.2) is 5.78 Å². The van der Waals surface area contributed by atoms with E-state index in [1.54, 1.807) is 31.4 Å². The second-order valence-electron chi connectivity index (χ2n) is 6.92. The molecule has 0 spiro atoms. The van der Waals surface area contributed by atoms with E-state index in [1.807, 2.05) is 12.1 Å². The molecule has 1 aliphatic rings. The maximum Gasteiger partial charge on any atom is 0.170 e. The van der Waals surface area contributed by atoms with Crippen LogP contribution in [0.5, 0.6) is 17.2 Å². The molecule has 1 atom stereocenters. The first-order valence-electron chi connectivity index (χ1n) is 8.67. The number of methoxy groups -OCH3 is 1. The van der Waals surface area contributed by atoms with Gasteiger partial charge < -0.3 is 14.6 Å². The zero-order valence-corrected chi connectivity index (χ0v) is 14.9. The largest absolute Gasteiger partial charge is 0.508 e. The normalized spacial score (nSPS) is 16.5. The minimum atomic E-state index is -0.341. The van der Waals surface area contributed by atoms with Crippen molar-refractivity contribution in [3.63, 3.8) is 0 Å². The van der Waals surface area contributed by atoms with E-state index in [4.69, 9.17) is 9.47 Å². The van der Waals surface area contributed by atoms with E-state index in [-0.39, 0.29) is 17.6 Å². The van der Waals surface area contributed by atoms with E-state index in [0.29, 0.717) is 23.7 Å². The average Bonchev–Trinajstić information content (AvgIpc) is 2.59. The van der Waals surface area contributed by atoms with Crippen molar-refractivity contribution >= 4 is 5.78 Å². The Bertz CT molecular complexity index is 762. The first kappa shape index (κ1) is 17.3. The van der Waals surface area contributed by atoms with Gasteiger partial charge in [0.1, 0.15) is 23.4 Å². The van der Waals surface area contributed by atoms with Crippen LogP contribution in [0.15, 0.2) is 36.4 Å². The quantitative estimate of drug-likeness (QED) is 0.857. The van der Waals surface area contributed by atoms with E-state index in [0.717, 1.165) is 29.7 Å². The molecule has 25 heavy (non-hydrogen) atoms. The van der Waals surface area contributed by atoms with Crippen molar-refractivity contribution in [3.05, 3.63) is 53.1 Å². The lowest BCUT2D eigenvalue weighted by molar-refractivity contribution is 0.0849. The summed E-state index contributed by atoms with van der Waals surface area (Å²) in [7, 11) is 1.64. The number of phenols is 1. The highest BCUT2D eigenvalue weighted by Gasteiger charge is 2.29. The second-order valence-corrected chi connectivity index (χ2v) is 6.92. The molecule has 0 aliphatic carbocycles. The summed E-state index contributed by atoms with van der Waals surface area (Å²) < 4.78 is 11.6. The molecular weight excluding hydrogens is 316 g/mol. The average molecular weight is 340 g/mol. The van der Waals surface area contributed by atoms with E-state index in [9.17, 15) is 9.90 Å². The Morgan fingerprint density at radius 2 is 1.96 bits per heavy atom. The Morgan fingerprint density at radius 3 is 2.60 bits per heavy atom. The van der Waals surface area contributed by atoms with Gasteiger partial charge in [0.25, 0.3) is 0 Å². The van der Waals surface area contributed by atoms with Crippen LogP contribution in [0, 0.1) is 5.92 Å². The number of ketones is 1. The minimum Gasteiger partial charge on any atom is -0.508 e. The molecule has 0 unspecified atom stereocenters. The molecule has 1 heterocycles. The zero-order chi connectivity index (χ0) is 18.0. The number of rotatable bonds is 5. The van der Waals surface area contributed by atoms with Crippen molar-refractivity contribution in [2.75, 3.05) is 7.11 Å². The van der Waals surface area contributed by atoms with Gasteiger partial charge in [0.2, 0.25) is 0 Å². The van der Waals surface area contributed by atoms with Crippen molar-refractivity contribution in [3.8, 4) is 17.2 Å². The Labute approximate surface area is 148 Å². The molecular formula is C21H24O4. The molecule has 0 saturated carbocycles. The molecule has 4 nitrogen and oxygen atoms in total. The summed E-state index contributed by atoms with van der Waals surface area (Å²) in [5.41, 5.74) is 2.56. The van der Waals surface area contributed by atoms with Gasteiger partial charge in [-0.3, -0.25) is 4.79 Å². The zero-order valence-electron chi connectivity index (χ0n) is 14.9. The molecule has 0 radical (unpaired) electrons. The number of benzene rings is 2. The van der Waals surface area contributed by atoms with Crippen molar-refractivity contribution in [2.24, 2.45) is 5.92 Å². The van der Waals surface area contributed by atoms with Gasteiger partial charge in [-0.05, 0) is 48.1 Å². The molecule has 0 saturated heterocycles. The molecule has 1 N–H and O–H groups in total. The molecule has 2 aromatic carbocycles. The Kier molecular flexibility index (Phi) is 4.98. The molecule has 132 valence electrons. The van der Waals surface area contributed by atoms with Gasteiger partial charge in [-0.25, -0.2) is 0 Å². The van der Waals surface area contributed by atoms with Crippen LogP contribution in [0.2, 0.25) is 0 Å². The molecule has 0 fully saturated rings. The smallest absolute Gasteiger partial charge is 0.170 e. The van der Waals surface area contributed by atoms with Gasteiger partial charge in [-0.1, -0.05) is 26.0 Å². The lowest BCUT2D eigenvalue weighted by atomic mass is 9.93. The molecule has 2 aromatic rings. The highest BCUT2D eigenvalue weighted by atomic mass is 16.5. The summed E-state index contributed by atoms with van der Waals surface area (Å²) in [6, 6.07) is 10.5. The van der Waals surface area contributed by atoms with Crippen molar-refractivity contribution < 1.29 is 19.4 Å². The maximum absolute atomic E-state index is 12.7. The molecule has 0 bridgehead atoms. The number of hydrogen-bond acceptors (Lipinski definition) is 4. The highest BCUT2D eigenvalue weighted by Crippen LogP contribution is 2.39. The van der Waals surface area contributed by atoms with Gasteiger partial charge >= 0.3 is 0 Å². The third-order valence-electron chi connectivity index (χ3n) is 4.58. The molecule has 0 aromatic heterocycles. The van der Waals surface area contributed by atoms with Crippen LogP contribution >= 0.6 is 0 Å². The summed E-state index contributed by atoms with van der Waals surface area (Å²) in [6.07, 6.45) is 1.88. The van der Waals surface area contributed by atoms with Crippen molar-refractivity contribution in [1.29, 1.82) is 0 Å². The number of carbonyl (C=O) groups excluding carboxylic acids is 1.